The number of hydrogen-bond donors (Lipinski definition) is 2. The first kappa shape index (κ1) is 14.9. The standard InChI is InChI=1S/C17H23N3O2/c21-13-16-4-3-11-20(16)17(22)18-12-14-5-7-15(8-6-14)19-9-1-2-10-19/h1-2,5-8,16,21H,3-4,9-13H2,(H,18,22). The van der Waals surface area contributed by atoms with Gasteiger partial charge in [-0.05, 0) is 30.5 Å². The smallest absolute Gasteiger partial charge is 0.317 e. The highest BCUT2D eigenvalue weighted by molar-refractivity contribution is 5.74. The van der Waals surface area contributed by atoms with Gasteiger partial charge in [-0.25, -0.2) is 4.79 Å². The van der Waals surface area contributed by atoms with Gasteiger partial charge < -0.3 is 20.2 Å². The Kier molecular flexibility index (Phi) is 4.63. The molecule has 2 aliphatic rings. The van der Waals surface area contributed by atoms with Crippen LogP contribution in [0.5, 0.6) is 0 Å². The second-order valence-electron chi connectivity index (χ2n) is 5.87. The number of nitrogens with one attached hydrogen (secondary N) is 1. The van der Waals surface area contributed by atoms with Gasteiger partial charge >= 0.3 is 6.03 Å². The zero-order valence-electron chi connectivity index (χ0n) is 12.7. The van der Waals surface area contributed by atoms with Crippen molar-refractivity contribution in [3.8, 4) is 0 Å². The number of amides is 2. The Hall–Kier alpha value is -2.01. The number of rotatable bonds is 4. The zero-order chi connectivity index (χ0) is 15.4. The van der Waals surface area contributed by atoms with Crippen molar-refractivity contribution in [1.82, 2.24) is 10.2 Å². The van der Waals surface area contributed by atoms with E-state index in [9.17, 15) is 9.90 Å². The van der Waals surface area contributed by atoms with E-state index in [2.05, 4.69) is 46.6 Å². The molecule has 1 unspecified atom stereocenters. The number of nitrogens with zero attached hydrogens (tertiary/aromatic N) is 2. The third-order valence-corrected chi connectivity index (χ3v) is 4.41. The lowest BCUT2D eigenvalue weighted by Crippen LogP contribution is -2.43. The summed E-state index contributed by atoms with van der Waals surface area (Å²) in [5.41, 5.74) is 2.30. The summed E-state index contributed by atoms with van der Waals surface area (Å²) in [6, 6.07) is 8.21. The Balaban J connectivity index is 1.51. The molecule has 0 spiro atoms. The highest BCUT2D eigenvalue weighted by atomic mass is 16.3. The van der Waals surface area contributed by atoms with Crippen molar-refractivity contribution in [2.75, 3.05) is 31.1 Å². The van der Waals surface area contributed by atoms with E-state index in [1.54, 1.807) is 4.90 Å². The van der Waals surface area contributed by atoms with Crippen molar-refractivity contribution < 1.29 is 9.90 Å². The highest BCUT2D eigenvalue weighted by Gasteiger charge is 2.27. The van der Waals surface area contributed by atoms with Crippen molar-refractivity contribution in [3.05, 3.63) is 42.0 Å². The molecule has 2 amide bonds. The molecule has 2 N–H and O–H groups in total. The maximum Gasteiger partial charge on any atom is 0.317 e. The van der Waals surface area contributed by atoms with Gasteiger partial charge in [-0.3, -0.25) is 0 Å². The van der Waals surface area contributed by atoms with E-state index in [0.717, 1.165) is 38.0 Å². The summed E-state index contributed by atoms with van der Waals surface area (Å²) < 4.78 is 0. The minimum Gasteiger partial charge on any atom is -0.394 e. The third kappa shape index (κ3) is 3.25. The van der Waals surface area contributed by atoms with Crippen molar-refractivity contribution in [3.63, 3.8) is 0 Å². The molecule has 1 aromatic rings. The molecular formula is C17H23N3O2. The van der Waals surface area contributed by atoms with Crippen LogP contribution in [0.4, 0.5) is 10.5 Å². The van der Waals surface area contributed by atoms with Crippen LogP contribution >= 0.6 is 0 Å². The van der Waals surface area contributed by atoms with E-state index in [0.29, 0.717) is 6.54 Å². The van der Waals surface area contributed by atoms with Gasteiger partial charge in [-0.15, -0.1) is 0 Å². The molecule has 0 saturated carbocycles. The predicted molar refractivity (Wildman–Crippen MR) is 86.8 cm³/mol. The molecule has 1 aromatic carbocycles. The van der Waals surface area contributed by atoms with Crippen LogP contribution in [-0.4, -0.2) is 48.3 Å². The number of benzene rings is 1. The SMILES string of the molecule is O=C(NCc1ccc(N2CC=CC2)cc1)N1CCCC1CO. The molecular weight excluding hydrogens is 278 g/mol. The molecule has 1 saturated heterocycles. The Bertz CT molecular complexity index is 533. The Morgan fingerprint density at radius 3 is 2.64 bits per heavy atom. The van der Waals surface area contributed by atoms with Crippen LogP contribution in [0.3, 0.4) is 0 Å². The minimum atomic E-state index is -0.0793. The summed E-state index contributed by atoms with van der Waals surface area (Å²) in [5, 5.41) is 12.2. The number of urea groups is 1. The number of aliphatic hydroxyl groups excluding tert-OH is 1. The van der Waals surface area contributed by atoms with Gasteiger partial charge in [0.15, 0.2) is 0 Å². The third-order valence-electron chi connectivity index (χ3n) is 4.41. The molecule has 118 valence electrons. The lowest BCUT2D eigenvalue weighted by atomic mass is 10.2. The Morgan fingerprint density at radius 2 is 1.95 bits per heavy atom. The summed E-state index contributed by atoms with van der Waals surface area (Å²) in [7, 11) is 0. The van der Waals surface area contributed by atoms with E-state index in [4.69, 9.17) is 0 Å². The Labute approximate surface area is 131 Å². The molecule has 1 atom stereocenters. The van der Waals surface area contributed by atoms with Gasteiger partial charge in [0.05, 0.1) is 12.6 Å². The molecule has 22 heavy (non-hydrogen) atoms. The quantitative estimate of drug-likeness (QED) is 0.833. The van der Waals surface area contributed by atoms with Crippen LogP contribution in [-0.2, 0) is 6.54 Å². The predicted octanol–water partition coefficient (Wildman–Crippen LogP) is 1.73. The molecule has 1 fully saturated rings. The first-order chi connectivity index (χ1) is 10.8. The summed E-state index contributed by atoms with van der Waals surface area (Å²) in [5.74, 6) is 0. The second kappa shape index (κ2) is 6.83. The van der Waals surface area contributed by atoms with Gasteiger partial charge in [0, 0.05) is 31.9 Å². The lowest BCUT2D eigenvalue weighted by Gasteiger charge is -2.23. The molecule has 3 rings (SSSR count). The number of aliphatic hydroxyl groups is 1. The van der Waals surface area contributed by atoms with Crippen LogP contribution in [0.1, 0.15) is 18.4 Å². The summed E-state index contributed by atoms with van der Waals surface area (Å²) >= 11 is 0. The lowest BCUT2D eigenvalue weighted by molar-refractivity contribution is 0.157. The normalized spacial score (nSPS) is 20.7. The van der Waals surface area contributed by atoms with Gasteiger partial charge in [0.1, 0.15) is 0 Å². The number of likely N-dealkylation sites (tertiary alicyclic amines) is 1. The van der Waals surface area contributed by atoms with Crippen LogP contribution in [0.25, 0.3) is 0 Å². The Morgan fingerprint density at radius 1 is 1.23 bits per heavy atom. The van der Waals surface area contributed by atoms with E-state index < -0.39 is 0 Å². The minimum absolute atomic E-state index is 0.0231. The molecule has 2 aliphatic heterocycles. The first-order valence-corrected chi connectivity index (χ1v) is 7.92. The maximum absolute atomic E-state index is 12.2. The van der Waals surface area contributed by atoms with Crippen molar-refractivity contribution >= 4 is 11.7 Å². The average molecular weight is 301 g/mol. The monoisotopic (exact) mass is 301 g/mol. The van der Waals surface area contributed by atoms with Crippen LogP contribution in [0.2, 0.25) is 0 Å². The number of anilines is 1. The average Bonchev–Trinajstić information content (AvgIpc) is 3.24. The van der Waals surface area contributed by atoms with Crippen molar-refractivity contribution in [1.29, 1.82) is 0 Å². The van der Waals surface area contributed by atoms with Crippen LogP contribution in [0.15, 0.2) is 36.4 Å². The fourth-order valence-electron chi connectivity index (χ4n) is 3.09. The molecule has 0 bridgehead atoms. The van der Waals surface area contributed by atoms with Crippen LogP contribution < -0.4 is 10.2 Å². The van der Waals surface area contributed by atoms with Gasteiger partial charge in [0.2, 0.25) is 0 Å². The van der Waals surface area contributed by atoms with Crippen molar-refractivity contribution in [2.24, 2.45) is 0 Å². The van der Waals surface area contributed by atoms with E-state index in [1.165, 1.54) is 5.69 Å². The van der Waals surface area contributed by atoms with Crippen molar-refractivity contribution in [2.45, 2.75) is 25.4 Å². The number of hydrogen-bond acceptors (Lipinski definition) is 3. The zero-order valence-corrected chi connectivity index (χ0v) is 12.7. The molecule has 0 aromatic heterocycles. The summed E-state index contributed by atoms with van der Waals surface area (Å²) in [6.45, 7) is 3.23. The molecule has 2 heterocycles. The second-order valence-corrected chi connectivity index (χ2v) is 5.87. The van der Waals surface area contributed by atoms with Gasteiger partial charge in [0.25, 0.3) is 0 Å². The summed E-state index contributed by atoms with van der Waals surface area (Å²) in [6.07, 6.45) is 6.20. The number of carbonyl (C=O) groups is 1. The van der Waals surface area contributed by atoms with E-state index in [1.807, 2.05) is 0 Å². The van der Waals surface area contributed by atoms with Crippen LogP contribution in [0, 0.1) is 0 Å². The topological polar surface area (TPSA) is 55.8 Å². The molecule has 0 radical (unpaired) electrons. The maximum atomic E-state index is 12.2. The summed E-state index contributed by atoms with van der Waals surface area (Å²) in [4.78, 5) is 16.2. The first-order valence-electron chi connectivity index (χ1n) is 7.92. The molecule has 5 heteroatoms. The molecule has 5 nitrogen and oxygen atoms in total. The number of carbonyl (C=O) groups excluding carboxylic acids is 1. The fourth-order valence-corrected chi connectivity index (χ4v) is 3.09. The van der Waals surface area contributed by atoms with E-state index >= 15 is 0 Å². The van der Waals surface area contributed by atoms with Gasteiger partial charge in [-0.2, -0.15) is 0 Å². The van der Waals surface area contributed by atoms with E-state index in [-0.39, 0.29) is 18.7 Å². The molecule has 0 aliphatic carbocycles. The largest absolute Gasteiger partial charge is 0.394 e. The highest BCUT2D eigenvalue weighted by Crippen LogP contribution is 2.18. The van der Waals surface area contributed by atoms with Gasteiger partial charge in [-0.1, -0.05) is 24.3 Å². The fraction of sp³-hybridized carbons (Fsp3) is 0.471.